The zero-order valence-electron chi connectivity index (χ0n) is 12.5. The van der Waals surface area contributed by atoms with Crippen LogP contribution in [-0.2, 0) is 0 Å². The Kier molecular flexibility index (Phi) is 5.04. The number of rotatable bonds is 4. The summed E-state index contributed by atoms with van der Waals surface area (Å²) in [6.45, 7) is 0. The molecule has 0 aliphatic heterocycles. The summed E-state index contributed by atoms with van der Waals surface area (Å²) in [7, 11) is 0. The highest BCUT2D eigenvalue weighted by molar-refractivity contribution is 6.34. The van der Waals surface area contributed by atoms with Gasteiger partial charge < -0.3 is 10.1 Å². The van der Waals surface area contributed by atoms with Gasteiger partial charge in [0, 0.05) is 5.69 Å². The number of hydrogen-bond donors (Lipinski definition) is 1. The molecule has 0 atom stereocenters. The second kappa shape index (κ2) is 7.39. The third kappa shape index (κ3) is 3.88. The molecule has 5 heteroatoms. The van der Waals surface area contributed by atoms with Crippen molar-refractivity contribution in [3.63, 3.8) is 0 Å². The molecule has 3 aromatic carbocycles. The molecule has 0 aliphatic carbocycles. The number of benzene rings is 3. The smallest absolute Gasteiger partial charge is 0.257 e. The molecule has 0 heterocycles. The SMILES string of the molecule is O=C(Nc1ccc(Oc2ccccc2Cl)cc1)c1ccccc1Cl. The lowest BCUT2D eigenvalue weighted by Gasteiger charge is -2.09. The molecule has 0 saturated carbocycles. The third-order valence-electron chi connectivity index (χ3n) is 3.30. The number of ether oxygens (including phenoxy) is 1. The van der Waals surface area contributed by atoms with Crippen LogP contribution in [0.25, 0.3) is 0 Å². The van der Waals surface area contributed by atoms with Gasteiger partial charge >= 0.3 is 0 Å². The first-order chi connectivity index (χ1) is 11.6. The van der Waals surface area contributed by atoms with Crippen molar-refractivity contribution in [2.75, 3.05) is 5.32 Å². The lowest BCUT2D eigenvalue weighted by atomic mass is 10.2. The van der Waals surface area contributed by atoms with Gasteiger partial charge in [0.15, 0.2) is 0 Å². The summed E-state index contributed by atoms with van der Waals surface area (Å²) < 4.78 is 5.71. The maximum absolute atomic E-state index is 12.2. The standard InChI is InChI=1S/C19H13Cl2NO2/c20-16-6-2-1-5-15(16)19(23)22-13-9-11-14(12-10-13)24-18-8-4-3-7-17(18)21/h1-12H,(H,22,23). The normalized spacial score (nSPS) is 10.2. The number of halogens is 2. The van der Waals surface area contributed by atoms with Gasteiger partial charge in [-0.3, -0.25) is 4.79 Å². The van der Waals surface area contributed by atoms with Gasteiger partial charge in [0.2, 0.25) is 0 Å². The van der Waals surface area contributed by atoms with Crippen molar-refractivity contribution in [3.8, 4) is 11.5 Å². The lowest BCUT2D eigenvalue weighted by molar-refractivity contribution is 0.102. The molecule has 3 aromatic rings. The molecule has 0 radical (unpaired) electrons. The van der Waals surface area contributed by atoms with E-state index in [1.54, 1.807) is 60.7 Å². The highest BCUT2D eigenvalue weighted by atomic mass is 35.5. The number of nitrogens with one attached hydrogen (secondary N) is 1. The molecule has 0 fully saturated rings. The molecule has 1 amide bonds. The van der Waals surface area contributed by atoms with Crippen LogP contribution >= 0.6 is 23.2 Å². The molecule has 0 unspecified atom stereocenters. The topological polar surface area (TPSA) is 38.3 Å². The zero-order chi connectivity index (χ0) is 16.9. The highest BCUT2D eigenvalue weighted by Gasteiger charge is 2.10. The van der Waals surface area contributed by atoms with Crippen LogP contribution in [0.1, 0.15) is 10.4 Å². The van der Waals surface area contributed by atoms with Crippen molar-refractivity contribution >= 4 is 34.8 Å². The molecule has 0 bridgehead atoms. The van der Waals surface area contributed by atoms with Crippen LogP contribution in [-0.4, -0.2) is 5.91 Å². The quantitative estimate of drug-likeness (QED) is 0.618. The van der Waals surface area contributed by atoms with Gasteiger partial charge in [0.25, 0.3) is 5.91 Å². The van der Waals surface area contributed by atoms with E-state index in [1.807, 2.05) is 12.1 Å². The lowest BCUT2D eigenvalue weighted by Crippen LogP contribution is -2.12. The molecular formula is C19H13Cl2NO2. The van der Waals surface area contributed by atoms with Gasteiger partial charge in [-0.25, -0.2) is 0 Å². The van der Waals surface area contributed by atoms with E-state index in [9.17, 15) is 4.79 Å². The summed E-state index contributed by atoms with van der Waals surface area (Å²) in [4.78, 5) is 12.2. The summed E-state index contributed by atoms with van der Waals surface area (Å²) >= 11 is 12.1. The van der Waals surface area contributed by atoms with Gasteiger partial charge in [0.1, 0.15) is 11.5 Å². The summed E-state index contributed by atoms with van der Waals surface area (Å²) in [6, 6.07) is 21.1. The minimum absolute atomic E-state index is 0.264. The first-order valence-corrected chi connectivity index (χ1v) is 7.97. The molecule has 0 aromatic heterocycles. The number of carbonyl (C=O) groups excluding carboxylic acids is 1. The van der Waals surface area contributed by atoms with Crippen molar-refractivity contribution in [3.05, 3.63) is 88.4 Å². The molecule has 120 valence electrons. The fraction of sp³-hybridized carbons (Fsp3) is 0. The number of anilines is 1. The molecule has 1 N–H and O–H groups in total. The van der Waals surface area contributed by atoms with Crippen molar-refractivity contribution in [1.29, 1.82) is 0 Å². The van der Waals surface area contributed by atoms with Crippen LogP contribution in [0.3, 0.4) is 0 Å². The summed E-state index contributed by atoms with van der Waals surface area (Å²) in [5.41, 5.74) is 1.07. The highest BCUT2D eigenvalue weighted by Crippen LogP contribution is 2.29. The van der Waals surface area contributed by atoms with Gasteiger partial charge in [-0.2, -0.15) is 0 Å². The van der Waals surface area contributed by atoms with Crippen molar-refractivity contribution in [2.45, 2.75) is 0 Å². The fourth-order valence-corrected chi connectivity index (χ4v) is 2.50. The zero-order valence-corrected chi connectivity index (χ0v) is 14.0. The Bertz CT molecular complexity index is 863. The second-order valence-electron chi connectivity index (χ2n) is 4.99. The fourth-order valence-electron chi connectivity index (χ4n) is 2.10. The largest absolute Gasteiger partial charge is 0.456 e. The van der Waals surface area contributed by atoms with Crippen LogP contribution in [0, 0.1) is 0 Å². The van der Waals surface area contributed by atoms with Crippen molar-refractivity contribution < 1.29 is 9.53 Å². The number of hydrogen-bond acceptors (Lipinski definition) is 2. The predicted octanol–water partition coefficient (Wildman–Crippen LogP) is 6.04. The Morgan fingerprint density at radius 1 is 0.792 bits per heavy atom. The minimum atomic E-state index is -0.264. The van der Waals surface area contributed by atoms with Gasteiger partial charge in [-0.1, -0.05) is 47.5 Å². The van der Waals surface area contributed by atoms with E-state index in [0.29, 0.717) is 32.8 Å². The van der Waals surface area contributed by atoms with Gasteiger partial charge in [0.05, 0.1) is 15.6 Å². The Balaban J connectivity index is 1.70. The molecule has 0 aliphatic rings. The molecule has 0 spiro atoms. The summed E-state index contributed by atoms with van der Waals surface area (Å²) in [6.07, 6.45) is 0. The first-order valence-electron chi connectivity index (χ1n) is 7.22. The van der Waals surface area contributed by atoms with Crippen molar-refractivity contribution in [1.82, 2.24) is 0 Å². The van der Waals surface area contributed by atoms with E-state index in [-0.39, 0.29) is 5.91 Å². The molecule has 3 nitrogen and oxygen atoms in total. The van der Waals surface area contributed by atoms with E-state index >= 15 is 0 Å². The van der Waals surface area contributed by atoms with E-state index in [2.05, 4.69) is 5.32 Å². The average Bonchev–Trinajstić information content (AvgIpc) is 2.59. The van der Waals surface area contributed by atoms with E-state index in [4.69, 9.17) is 27.9 Å². The Morgan fingerprint density at radius 3 is 2.08 bits per heavy atom. The minimum Gasteiger partial charge on any atom is -0.456 e. The van der Waals surface area contributed by atoms with E-state index < -0.39 is 0 Å². The van der Waals surface area contributed by atoms with Crippen LogP contribution in [0.5, 0.6) is 11.5 Å². The molecular weight excluding hydrogens is 345 g/mol. The van der Waals surface area contributed by atoms with E-state index in [0.717, 1.165) is 0 Å². The summed E-state index contributed by atoms with van der Waals surface area (Å²) in [5, 5.41) is 3.74. The number of para-hydroxylation sites is 1. The third-order valence-corrected chi connectivity index (χ3v) is 3.94. The number of amides is 1. The average molecular weight is 358 g/mol. The maximum atomic E-state index is 12.2. The second-order valence-corrected chi connectivity index (χ2v) is 5.81. The Morgan fingerprint density at radius 2 is 1.42 bits per heavy atom. The van der Waals surface area contributed by atoms with Crippen LogP contribution < -0.4 is 10.1 Å². The van der Waals surface area contributed by atoms with Crippen LogP contribution in [0.15, 0.2) is 72.8 Å². The molecule has 3 rings (SSSR count). The van der Waals surface area contributed by atoms with Crippen LogP contribution in [0.2, 0.25) is 10.0 Å². The maximum Gasteiger partial charge on any atom is 0.257 e. The van der Waals surface area contributed by atoms with Crippen molar-refractivity contribution in [2.24, 2.45) is 0 Å². The van der Waals surface area contributed by atoms with Gasteiger partial charge in [-0.05, 0) is 48.5 Å². The van der Waals surface area contributed by atoms with E-state index in [1.165, 1.54) is 0 Å². The number of carbonyl (C=O) groups is 1. The van der Waals surface area contributed by atoms with Gasteiger partial charge in [-0.15, -0.1) is 0 Å². The summed E-state index contributed by atoms with van der Waals surface area (Å²) in [5.74, 6) is 0.936. The predicted molar refractivity (Wildman–Crippen MR) is 97.4 cm³/mol. The van der Waals surface area contributed by atoms with Crippen LogP contribution in [0.4, 0.5) is 5.69 Å². The first kappa shape index (κ1) is 16.4. The monoisotopic (exact) mass is 357 g/mol. The molecule has 24 heavy (non-hydrogen) atoms. The Hall–Kier alpha value is -2.49. The molecule has 0 saturated heterocycles. The Labute approximate surface area is 149 Å².